The summed E-state index contributed by atoms with van der Waals surface area (Å²) in [5.41, 5.74) is 3.52. The van der Waals surface area contributed by atoms with Crippen LogP contribution in [0.15, 0.2) is 35.4 Å². The minimum Gasteiger partial charge on any atom is -0.378 e. The molecule has 134 valence electrons. The zero-order valence-electron chi connectivity index (χ0n) is 14.4. The van der Waals surface area contributed by atoms with Crippen LogP contribution in [0, 0.1) is 0 Å². The van der Waals surface area contributed by atoms with E-state index in [1.165, 1.54) is 10.6 Å². The monoisotopic (exact) mass is 368 g/mol. The molecular weight excluding hydrogens is 348 g/mol. The van der Waals surface area contributed by atoms with Crippen LogP contribution in [0.5, 0.6) is 0 Å². The number of morpholine rings is 1. The Morgan fingerprint density at radius 2 is 2.04 bits per heavy atom. The van der Waals surface area contributed by atoms with Crippen LogP contribution in [0.3, 0.4) is 0 Å². The molecule has 26 heavy (non-hydrogen) atoms. The summed E-state index contributed by atoms with van der Waals surface area (Å²) in [6, 6.07) is 8.31. The fraction of sp³-hybridized carbons (Fsp3) is 0.368. The number of nitrogens with one attached hydrogen (secondary N) is 1. The molecular formula is C19H20N4O2S. The molecule has 2 aliphatic rings. The highest BCUT2D eigenvalue weighted by molar-refractivity contribution is 7.18. The zero-order chi connectivity index (χ0) is 17.5. The van der Waals surface area contributed by atoms with Crippen LogP contribution in [0.1, 0.15) is 16.0 Å². The average molecular weight is 368 g/mol. The number of para-hydroxylation sites is 1. The molecule has 5 rings (SSSR count). The number of hydrogen-bond acceptors (Lipinski definition) is 6. The second-order valence-corrected chi connectivity index (χ2v) is 7.78. The van der Waals surface area contributed by atoms with Gasteiger partial charge in [-0.2, -0.15) is 0 Å². The van der Waals surface area contributed by atoms with Crippen LogP contribution in [0.25, 0.3) is 10.2 Å². The van der Waals surface area contributed by atoms with Crippen molar-refractivity contribution in [3.05, 3.63) is 57.0 Å². The Morgan fingerprint density at radius 1 is 1.19 bits per heavy atom. The van der Waals surface area contributed by atoms with E-state index in [4.69, 9.17) is 4.74 Å². The van der Waals surface area contributed by atoms with Gasteiger partial charge in [0, 0.05) is 36.7 Å². The Bertz CT molecular complexity index is 1020. The molecule has 0 aliphatic carbocycles. The summed E-state index contributed by atoms with van der Waals surface area (Å²) in [5, 5.41) is 4.12. The molecule has 0 saturated carbocycles. The highest BCUT2D eigenvalue weighted by Crippen LogP contribution is 2.31. The molecule has 1 saturated heterocycles. The SMILES string of the molecule is O=c1c2c3c(sc2ncn1Cc1ccccc1N1CCOCC1)CNC3. The predicted molar refractivity (Wildman–Crippen MR) is 103 cm³/mol. The normalized spacial score (nSPS) is 17.0. The number of aromatic nitrogens is 2. The number of anilines is 1. The lowest BCUT2D eigenvalue weighted by atomic mass is 10.1. The minimum atomic E-state index is 0.0629. The van der Waals surface area contributed by atoms with Crippen LogP contribution in [0.2, 0.25) is 0 Å². The second kappa shape index (κ2) is 6.50. The molecule has 0 bridgehead atoms. The first kappa shape index (κ1) is 16.0. The zero-order valence-corrected chi connectivity index (χ0v) is 15.2. The average Bonchev–Trinajstić information content (AvgIpc) is 3.26. The third kappa shape index (κ3) is 2.63. The van der Waals surface area contributed by atoms with Crippen LogP contribution < -0.4 is 15.8 Å². The lowest BCUT2D eigenvalue weighted by Gasteiger charge is -2.30. The fourth-order valence-electron chi connectivity index (χ4n) is 3.81. The number of rotatable bonds is 3. The first-order valence-corrected chi connectivity index (χ1v) is 9.74. The maximum Gasteiger partial charge on any atom is 0.262 e. The van der Waals surface area contributed by atoms with Gasteiger partial charge in [0.15, 0.2) is 0 Å². The third-order valence-corrected chi connectivity index (χ3v) is 6.27. The van der Waals surface area contributed by atoms with E-state index in [-0.39, 0.29) is 5.56 Å². The van der Waals surface area contributed by atoms with Crippen molar-refractivity contribution in [2.75, 3.05) is 31.2 Å². The molecule has 7 heteroatoms. The molecule has 1 aromatic carbocycles. The molecule has 6 nitrogen and oxygen atoms in total. The van der Waals surface area contributed by atoms with Crippen LogP contribution >= 0.6 is 11.3 Å². The molecule has 0 atom stereocenters. The molecule has 0 spiro atoms. The number of ether oxygens (including phenoxy) is 1. The smallest absolute Gasteiger partial charge is 0.262 e. The van der Waals surface area contributed by atoms with Gasteiger partial charge in [-0.05, 0) is 17.2 Å². The van der Waals surface area contributed by atoms with Gasteiger partial charge in [-0.15, -0.1) is 11.3 Å². The van der Waals surface area contributed by atoms with E-state index >= 15 is 0 Å². The van der Waals surface area contributed by atoms with Crippen molar-refractivity contribution in [3.63, 3.8) is 0 Å². The first-order valence-electron chi connectivity index (χ1n) is 8.92. The highest BCUT2D eigenvalue weighted by atomic mass is 32.1. The summed E-state index contributed by atoms with van der Waals surface area (Å²) in [5.74, 6) is 0. The summed E-state index contributed by atoms with van der Waals surface area (Å²) in [4.78, 5) is 22.1. The van der Waals surface area contributed by atoms with Crippen molar-refractivity contribution >= 4 is 27.2 Å². The van der Waals surface area contributed by atoms with Gasteiger partial charge in [-0.1, -0.05) is 18.2 Å². The molecule has 4 heterocycles. The van der Waals surface area contributed by atoms with Crippen molar-refractivity contribution in [2.45, 2.75) is 19.6 Å². The van der Waals surface area contributed by atoms with E-state index in [1.54, 1.807) is 22.2 Å². The van der Waals surface area contributed by atoms with Crippen LogP contribution in [0.4, 0.5) is 5.69 Å². The Hall–Kier alpha value is -2.22. The number of thiophene rings is 1. The van der Waals surface area contributed by atoms with Crippen LogP contribution in [-0.4, -0.2) is 35.9 Å². The molecule has 0 unspecified atom stereocenters. The lowest BCUT2D eigenvalue weighted by Crippen LogP contribution is -2.37. The molecule has 0 radical (unpaired) electrons. The van der Waals surface area contributed by atoms with Crippen molar-refractivity contribution in [1.82, 2.24) is 14.9 Å². The molecule has 1 fully saturated rings. The highest BCUT2D eigenvalue weighted by Gasteiger charge is 2.21. The predicted octanol–water partition coefficient (Wildman–Crippen LogP) is 1.95. The van der Waals surface area contributed by atoms with Gasteiger partial charge < -0.3 is 15.0 Å². The van der Waals surface area contributed by atoms with Gasteiger partial charge in [-0.3, -0.25) is 9.36 Å². The molecule has 3 aromatic rings. The van der Waals surface area contributed by atoms with Gasteiger partial charge in [0.05, 0.1) is 31.5 Å². The summed E-state index contributed by atoms with van der Waals surface area (Å²) >= 11 is 1.63. The summed E-state index contributed by atoms with van der Waals surface area (Å²) in [6.45, 7) is 5.40. The second-order valence-electron chi connectivity index (χ2n) is 6.69. The van der Waals surface area contributed by atoms with E-state index in [0.717, 1.165) is 60.7 Å². The van der Waals surface area contributed by atoms with E-state index in [9.17, 15) is 4.79 Å². The maximum atomic E-state index is 13.1. The molecule has 1 N–H and O–H groups in total. The van der Waals surface area contributed by atoms with Crippen molar-refractivity contribution in [3.8, 4) is 0 Å². The van der Waals surface area contributed by atoms with Gasteiger partial charge in [-0.25, -0.2) is 4.98 Å². The Balaban J connectivity index is 1.54. The Morgan fingerprint density at radius 3 is 2.92 bits per heavy atom. The fourth-order valence-corrected chi connectivity index (χ4v) is 4.93. The van der Waals surface area contributed by atoms with E-state index in [0.29, 0.717) is 6.54 Å². The maximum absolute atomic E-state index is 13.1. The summed E-state index contributed by atoms with van der Waals surface area (Å²) in [7, 11) is 0. The minimum absolute atomic E-state index is 0.0629. The first-order chi connectivity index (χ1) is 12.8. The van der Waals surface area contributed by atoms with Crippen molar-refractivity contribution in [2.24, 2.45) is 0 Å². The molecule has 2 aromatic heterocycles. The van der Waals surface area contributed by atoms with Gasteiger partial charge >= 0.3 is 0 Å². The molecule has 0 amide bonds. The number of benzene rings is 1. The standard InChI is InChI=1S/C19H20N4O2S/c24-19-17-14-9-20-10-16(14)26-18(17)21-12-23(19)11-13-3-1-2-4-15(13)22-5-7-25-8-6-22/h1-4,12,20H,5-11H2. The van der Waals surface area contributed by atoms with Crippen LogP contribution in [-0.2, 0) is 24.4 Å². The van der Waals surface area contributed by atoms with Crippen molar-refractivity contribution in [1.29, 1.82) is 0 Å². The topological polar surface area (TPSA) is 59.4 Å². The number of nitrogens with zero attached hydrogens (tertiary/aromatic N) is 3. The number of hydrogen-bond donors (Lipinski definition) is 1. The van der Waals surface area contributed by atoms with Gasteiger partial charge in [0.25, 0.3) is 5.56 Å². The third-order valence-electron chi connectivity index (χ3n) is 5.13. The Labute approximate surface area is 155 Å². The van der Waals surface area contributed by atoms with Crippen molar-refractivity contribution < 1.29 is 4.74 Å². The lowest BCUT2D eigenvalue weighted by molar-refractivity contribution is 0.122. The van der Waals surface area contributed by atoms with Gasteiger partial charge in [0.2, 0.25) is 0 Å². The summed E-state index contributed by atoms with van der Waals surface area (Å²) in [6.07, 6.45) is 1.69. The number of fused-ring (bicyclic) bond motifs is 3. The molecule has 2 aliphatic heterocycles. The van der Waals surface area contributed by atoms with E-state index in [2.05, 4.69) is 33.4 Å². The quantitative estimate of drug-likeness (QED) is 0.766. The summed E-state index contributed by atoms with van der Waals surface area (Å²) < 4.78 is 7.21. The largest absolute Gasteiger partial charge is 0.378 e. The van der Waals surface area contributed by atoms with Gasteiger partial charge in [0.1, 0.15) is 4.83 Å². The Kier molecular flexibility index (Phi) is 4.00. The van der Waals surface area contributed by atoms with E-state index < -0.39 is 0 Å². The van der Waals surface area contributed by atoms with E-state index in [1.807, 2.05) is 6.07 Å².